The van der Waals surface area contributed by atoms with Crippen LogP contribution >= 0.6 is 0 Å². The third kappa shape index (κ3) is 5.91. The van der Waals surface area contributed by atoms with Crippen LogP contribution in [0.4, 0.5) is 14.6 Å². The van der Waals surface area contributed by atoms with Crippen LogP contribution in [0.15, 0.2) is 54.7 Å². The first-order valence-electron chi connectivity index (χ1n) is 10.4. The summed E-state index contributed by atoms with van der Waals surface area (Å²) < 4.78 is 27.8. The molecule has 3 aromatic rings. The van der Waals surface area contributed by atoms with Gasteiger partial charge >= 0.3 is 5.97 Å². The minimum absolute atomic E-state index is 0.152. The number of benzene rings is 2. The number of aromatic nitrogens is 1. The smallest absolute Gasteiger partial charge is 0.339 e. The quantitative estimate of drug-likeness (QED) is 0.328. The number of aryl methyl sites for hydroxylation is 2. The number of pyridine rings is 1. The molecule has 0 aliphatic heterocycles. The summed E-state index contributed by atoms with van der Waals surface area (Å²) in [5.74, 6) is -2.97. The highest BCUT2D eigenvalue weighted by atomic mass is 19.1. The Bertz CT molecular complexity index is 1160. The molecule has 6 nitrogen and oxygen atoms in total. The van der Waals surface area contributed by atoms with Crippen LogP contribution < -0.4 is 10.4 Å². The van der Waals surface area contributed by atoms with Crippen molar-refractivity contribution in [1.29, 1.82) is 5.41 Å². The van der Waals surface area contributed by atoms with E-state index in [4.69, 9.17) is 10.2 Å². The van der Waals surface area contributed by atoms with E-state index in [0.29, 0.717) is 11.4 Å². The van der Waals surface area contributed by atoms with Gasteiger partial charge in [0.2, 0.25) is 0 Å². The minimum atomic E-state index is -0.986. The molecule has 0 bridgehead atoms. The zero-order valence-corrected chi connectivity index (χ0v) is 18.9. The second-order valence-electron chi connectivity index (χ2n) is 8.05. The van der Waals surface area contributed by atoms with E-state index in [1.165, 1.54) is 0 Å². The Balaban J connectivity index is 1.84. The van der Waals surface area contributed by atoms with Crippen LogP contribution in [0.3, 0.4) is 0 Å². The van der Waals surface area contributed by atoms with Crippen molar-refractivity contribution in [3.63, 3.8) is 0 Å². The fourth-order valence-corrected chi connectivity index (χ4v) is 3.46. The molecule has 0 saturated heterocycles. The van der Waals surface area contributed by atoms with Crippen molar-refractivity contribution >= 4 is 17.6 Å². The van der Waals surface area contributed by atoms with Crippen molar-refractivity contribution < 1.29 is 18.4 Å². The van der Waals surface area contributed by atoms with Gasteiger partial charge in [0.25, 0.3) is 0 Å². The van der Waals surface area contributed by atoms with Gasteiger partial charge in [-0.15, -0.1) is 0 Å². The molecule has 0 radical (unpaired) electrons. The predicted octanol–water partition coefficient (Wildman–Crippen LogP) is 4.44. The normalized spacial score (nSPS) is 11.6. The van der Waals surface area contributed by atoms with Crippen molar-refractivity contribution in [1.82, 2.24) is 10.5 Å². The number of anilines is 1. The molecule has 172 valence electrons. The number of halogens is 2. The van der Waals surface area contributed by atoms with Crippen molar-refractivity contribution in [3.8, 4) is 0 Å². The molecule has 0 amide bonds. The molecular formula is C25H26F2N4O2. The molecule has 2 aromatic carbocycles. The third-order valence-electron chi connectivity index (χ3n) is 5.32. The maximum Gasteiger partial charge on any atom is 0.339 e. The van der Waals surface area contributed by atoms with Crippen molar-refractivity contribution in [3.05, 3.63) is 94.2 Å². The van der Waals surface area contributed by atoms with Crippen LogP contribution in [-0.4, -0.2) is 30.9 Å². The largest absolute Gasteiger partial charge is 0.362 e. The monoisotopic (exact) mass is 452 g/mol. The molecule has 0 saturated carbocycles. The van der Waals surface area contributed by atoms with E-state index in [2.05, 4.69) is 10.5 Å². The zero-order chi connectivity index (χ0) is 24.1. The first-order chi connectivity index (χ1) is 15.7. The summed E-state index contributed by atoms with van der Waals surface area (Å²) in [5, 5.41) is 8.27. The first kappa shape index (κ1) is 23.8. The van der Waals surface area contributed by atoms with E-state index in [1.807, 2.05) is 32.0 Å². The van der Waals surface area contributed by atoms with Crippen molar-refractivity contribution in [2.24, 2.45) is 0 Å². The SMILES string of the molecule is Cc1ccc(CC(C(=O)ONC(=N)c2cccnc2N(C)C)c2cc(F)cc(F)c2)cc1C. The van der Waals surface area contributed by atoms with Gasteiger partial charge in [0.15, 0.2) is 5.84 Å². The molecule has 1 aromatic heterocycles. The van der Waals surface area contributed by atoms with Gasteiger partial charge in [-0.1, -0.05) is 18.2 Å². The minimum Gasteiger partial charge on any atom is -0.362 e. The lowest BCUT2D eigenvalue weighted by Crippen LogP contribution is -2.32. The van der Waals surface area contributed by atoms with E-state index < -0.39 is 23.5 Å². The maximum absolute atomic E-state index is 13.9. The van der Waals surface area contributed by atoms with Crippen LogP contribution in [-0.2, 0) is 16.1 Å². The fraction of sp³-hybridized carbons (Fsp3) is 0.240. The molecule has 0 spiro atoms. The van der Waals surface area contributed by atoms with Crippen LogP contribution in [0.25, 0.3) is 0 Å². The Kier molecular flexibility index (Phi) is 7.37. The van der Waals surface area contributed by atoms with Crippen LogP contribution in [0, 0.1) is 30.9 Å². The number of hydrogen-bond donors (Lipinski definition) is 2. The molecule has 3 rings (SSSR count). The number of hydroxylamine groups is 1. The van der Waals surface area contributed by atoms with Gasteiger partial charge in [0.1, 0.15) is 17.5 Å². The molecule has 0 fully saturated rings. The average molecular weight is 453 g/mol. The van der Waals surface area contributed by atoms with Crippen molar-refractivity contribution in [2.75, 3.05) is 19.0 Å². The lowest BCUT2D eigenvalue weighted by Gasteiger charge is -2.19. The Labute approximate surface area is 191 Å². The molecule has 1 unspecified atom stereocenters. The maximum atomic E-state index is 13.9. The number of rotatable bonds is 6. The van der Waals surface area contributed by atoms with Gasteiger partial charge in [-0.05, 0) is 66.8 Å². The summed E-state index contributed by atoms with van der Waals surface area (Å²) >= 11 is 0. The molecule has 0 aliphatic rings. The van der Waals surface area contributed by atoms with Gasteiger partial charge in [-0.2, -0.15) is 0 Å². The van der Waals surface area contributed by atoms with Crippen LogP contribution in [0.2, 0.25) is 0 Å². The fourth-order valence-electron chi connectivity index (χ4n) is 3.46. The topological polar surface area (TPSA) is 78.3 Å². The second kappa shape index (κ2) is 10.2. The van der Waals surface area contributed by atoms with Crippen molar-refractivity contribution in [2.45, 2.75) is 26.2 Å². The summed E-state index contributed by atoms with van der Waals surface area (Å²) in [4.78, 5) is 24.2. The zero-order valence-electron chi connectivity index (χ0n) is 18.9. The van der Waals surface area contributed by atoms with Gasteiger partial charge in [-0.25, -0.2) is 24.0 Å². The highest BCUT2D eigenvalue weighted by Crippen LogP contribution is 2.25. The molecule has 0 aliphatic carbocycles. The Hall–Kier alpha value is -3.81. The molecular weight excluding hydrogens is 426 g/mol. The number of carbonyl (C=O) groups is 1. The predicted molar refractivity (Wildman–Crippen MR) is 123 cm³/mol. The number of amidine groups is 1. The van der Waals surface area contributed by atoms with Gasteiger partial charge < -0.3 is 9.74 Å². The van der Waals surface area contributed by atoms with Gasteiger partial charge in [0.05, 0.1) is 11.5 Å². The highest BCUT2D eigenvalue weighted by Gasteiger charge is 2.26. The van der Waals surface area contributed by atoms with E-state index >= 15 is 0 Å². The Morgan fingerprint density at radius 1 is 1.09 bits per heavy atom. The Morgan fingerprint density at radius 3 is 2.42 bits per heavy atom. The molecule has 8 heteroatoms. The number of nitrogens with zero attached hydrogens (tertiary/aromatic N) is 2. The van der Waals surface area contributed by atoms with E-state index in [1.54, 1.807) is 37.3 Å². The third-order valence-corrected chi connectivity index (χ3v) is 5.32. The van der Waals surface area contributed by atoms with Gasteiger partial charge in [-0.3, -0.25) is 5.41 Å². The summed E-state index contributed by atoms with van der Waals surface area (Å²) in [7, 11) is 3.56. The summed E-state index contributed by atoms with van der Waals surface area (Å²) in [6, 6.07) is 12.0. The van der Waals surface area contributed by atoms with E-state index in [9.17, 15) is 13.6 Å². The summed E-state index contributed by atoms with van der Waals surface area (Å²) in [5.41, 5.74) is 5.90. The molecule has 1 heterocycles. The molecule has 1 atom stereocenters. The van der Waals surface area contributed by atoms with Crippen LogP contribution in [0.1, 0.15) is 33.7 Å². The molecule has 2 N–H and O–H groups in total. The molecule has 33 heavy (non-hydrogen) atoms. The number of carbonyl (C=O) groups excluding carboxylic acids is 1. The first-order valence-corrected chi connectivity index (χ1v) is 10.4. The summed E-state index contributed by atoms with van der Waals surface area (Å²) in [6.07, 6.45) is 1.77. The number of hydrogen-bond acceptors (Lipinski definition) is 5. The van der Waals surface area contributed by atoms with E-state index in [0.717, 1.165) is 34.9 Å². The lowest BCUT2D eigenvalue weighted by molar-refractivity contribution is -0.149. The lowest BCUT2D eigenvalue weighted by atomic mass is 9.90. The van der Waals surface area contributed by atoms with E-state index in [-0.39, 0.29) is 17.8 Å². The number of nitrogens with one attached hydrogen (secondary N) is 2. The van der Waals surface area contributed by atoms with Gasteiger partial charge in [0, 0.05) is 26.4 Å². The average Bonchev–Trinajstić information content (AvgIpc) is 2.77. The van der Waals surface area contributed by atoms with Crippen LogP contribution in [0.5, 0.6) is 0 Å². The highest BCUT2D eigenvalue weighted by molar-refractivity contribution is 6.00. The Morgan fingerprint density at radius 2 is 1.79 bits per heavy atom. The summed E-state index contributed by atoms with van der Waals surface area (Å²) in [6.45, 7) is 3.93. The second-order valence-corrected chi connectivity index (χ2v) is 8.05. The standard InChI is InChI=1S/C25H26F2N4O2/c1-15-7-8-17(10-16(15)2)11-22(18-12-19(26)14-20(27)13-18)25(32)33-30-23(28)21-6-5-9-29-24(21)31(3)4/h5-10,12-14,22H,11H2,1-4H3,(H2,28,30).